The third kappa shape index (κ3) is 1.48. The quantitative estimate of drug-likeness (QED) is 0.677. The third-order valence-electron chi connectivity index (χ3n) is 2.23. The highest BCUT2D eigenvalue weighted by molar-refractivity contribution is 5.93. The van der Waals surface area contributed by atoms with Crippen molar-refractivity contribution >= 4 is 12.0 Å². The molecule has 1 aliphatic heterocycles. The lowest BCUT2D eigenvalue weighted by molar-refractivity contribution is -0.136. The summed E-state index contributed by atoms with van der Waals surface area (Å²) in [6.07, 6.45) is 1.81. The summed E-state index contributed by atoms with van der Waals surface area (Å²) in [5.74, 6) is -0.320. The van der Waals surface area contributed by atoms with Crippen LogP contribution in [0.3, 0.4) is 0 Å². The molecular weight excluding hydrogens is 178 g/mol. The molecule has 1 aliphatic rings. The normalized spacial score (nSPS) is 13.6. The number of fused-ring (bicyclic) bond motifs is 1. The SMILES string of the molecule is COC(=O)C1=Cc2ccccc2CN1. The average molecular weight is 189 g/mol. The smallest absolute Gasteiger partial charge is 0.354 e. The lowest BCUT2D eigenvalue weighted by Crippen LogP contribution is -2.24. The summed E-state index contributed by atoms with van der Waals surface area (Å²) in [5.41, 5.74) is 2.79. The number of nitrogens with one attached hydrogen (secondary N) is 1. The number of carbonyl (C=O) groups excluding carboxylic acids is 1. The van der Waals surface area contributed by atoms with Gasteiger partial charge in [-0.15, -0.1) is 0 Å². The molecule has 0 radical (unpaired) electrons. The van der Waals surface area contributed by atoms with Gasteiger partial charge in [-0.3, -0.25) is 0 Å². The topological polar surface area (TPSA) is 38.3 Å². The van der Waals surface area contributed by atoms with Gasteiger partial charge >= 0.3 is 5.97 Å². The Hall–Kier alpha value is -1.77. The van der Waals surface area contributed by atoms with Crippen molar-refractivity contribution in [1.29, 1.82) is 0 Å². The summed E-state index contributed by atoms with van der Waals surface area (Å²) >= 11 is 0. The molecule has 1 heterocycles. The lowest BCUT2D eigenvalue weighted by atomic mass is 10.0. The highest BCUT2D eigenvalue weighted by Crippen LogP contribution is 2.17. The number of carbonyl (C=O) groups is 1. The number of esters is 1. The van der Waals surface area contributed by atoms with Gasteiger partial charge in [0.1, 0.15) is 5.70 Å². The maximum atomic E-state index is 11.2. The van der Waals surface area contributed by atoms with E-state index in [1.165, 1.54) is 12.7 Å². The van der Waals surface area contributed by atoms with E-state index in [-0.39, 0.29) is 5.97 Å². The second-order valence-corrected chi connectivity index (χ2v) is 3.10. The summed E-state index contributed by atoms with van der Waals surface area (Å²) in [6.45, 7) is 0.678. The molecule has 0 saturated carbocycles. The van der Waals surface area contributed by atoms with Gasteiger partial charge in [-0.25, -0.2) is 4.79 Å². The van der Waals surface area contributed by atoms with Crippen LogP contribution in [0.1, 0.15) is 11.1 Å². The number of benzene rings is 1. The molecular formula is C11H11NO2. The van der Waals surface area contributed by atoms with E-state index in [4.69, 9.17) is 0 Å². The Morgan fingerprint density at radius 2 is 2.21 bits per heavy atom. The molecule has 2 rings (SSSR count). The first kappa shape index (κ1) is 8.81. The van der Waals surface area contributed by atoms with Gasteiger partial charge in [-0.1, -0.05) is 24.3 Å². The number of hydrogen-bond acceptors (Lipinski definition) is 3. The van der Waals surface area contributed by atoms with Crippen LogP contribution in [0.15, 0.2) is 30.0 Å². The van der Waals surface area contributed by atoms with Crippen LogP contribution in [-0.2, 0) is 16.1 Å². The van der Waals surface area contributed by atoms with Crippen LogP contribution in [-0.4, -0.2) is 13.1 Å². The maximum Gasteiger partial charge on any atom is 0.354 e. The van der Waals surface area contributed by atoms with Crippen LogP contribution in [0.2, 0.25) is 0 Å². The minimum absolute atomic E-state index is 0.320. The second kappa shape index (κ2) is 3.54. The zero-order valence-electron chi connectivity index (χ0n) is 7.91. The van der Waals surface area contributed by atoms with Crippen molar-refractivity contribution in [3.05, 3.63) is 41.1 Å². The predicted octanol–water partition coefficient (Wildman–Crippen LogP) is 1.30. The second-order valence-electron chi connectivity index (χ2n) is 3.10. The fraction of sp³-hybridized carbons (Fsp3) is 0.182. The molecule has 0 aliphatic carbocycles. The van der Waals surface area contributed by atoms with Crippen molar-refractivity contribution in [2.24, 2.45) is 0 Å². The number of methoxy groups -OCH3 is 1. The lowest BCUT2D eigenvalue weighted by Gasteiger charge is -2.16. The Labute approximate surface area is 82.4 Å². The van der Waals surface area contributed by atoms with Gasteiger partial charge in [0.2, 0.25) is 0 Å². The molecule has 0 fully saturated rings. The third-order valence-corrected chi connectivity index (χ3v) is 2.23. The van der Waals surface area contributed by atoms with Crippen molar-refractivity contribution in [3.8, 4) is 0 Å². The first-order valence-corrected chi connectivity index (χ1v) is 4.43. The van der Waals surface area contributed by atoms with Gasteiger partial charge in [0, 0.05) is 6.54 Å². The van der Waals surface area contributed by atoms with Crippen molar-refractivity contribution in [3.63, 3.8) is 0 Å². The van der Waals surface area contributed by atoms with Crippen LogP contribution < -0.4 is 5.32 Å². The standard InChI is InChI=1S/C11H11NO2/c1-14-11(13)10-6-8-4-2-3-5-9(8)7-12-10/h2-6,12H,7H2,1H3. The van der Waals surface area contributed by atoms with Gasteiger partial charge in [0.25, 0.3) is 0 Å². The van der Waals surface area contributed by atoms with E-state index in [0.717, 1.165) is 5.56 Å². The van der Waals surface area contributed by atoms with E-state index in [2.05, 4.69) is 10.1 Å². The summed E-state index contributed by atoms with van der Waals surface area (Å²) in [7, 11) is 1.38. The zero-order valence-corrected chi connectivity index (χ0v) is 7.91. The monoisotopic (exact) mass is 189 g/mol. The Bertz CT molecular complexity index is 396. The van der Waals surface area contributed by atoms with Crippen LogP contribution in [0.5, 0.6) is 0 Å². The first-order valence-electron chi connectivity index (χ1n) is 4.43. The maximum absolute atomic E-state index is 11.2. The molecule has 0 spiro atoms. The summed E-state index contributed by atoms with van der Waals surface area (Å²) in [5, 5.41) is 3.01. The van der Waals surface area contributed by atoms with Crippen LogP contribution in [0.4, 0.5) is 0 Å². The fourth-order valence-electron chi connectivity index (χ4n) is 1.47. The summed E-state index contributed by atoms with van der Waals surface area (Å²) < 4.78 is 4.63. The molecule has 0 atom stereocenters. The highest BCUT2D eigenvalue weighted by Gasteiger charge is 2.14. The van der Waals surface area contributed by atoms with Crippen molar-refractivity contribution in [2.75, 3.05) is 7.11 Å². The largest absolute Gasteiger partial charge is 0.464 e. The number of rotatable bonds is 1. The molecule has 14 heavy (non-hydrogen) atoms. The predicted molar refractivity (Wildman–Crippen MR) is 53.3 cm³/mol. The summed E-state index contributed by atoms with van der Waals surface area (Å²) in [6, 6.07) is 7.96. The zero-order chi connectivity index (χ0) is 9.97. The molecule has 72 valence electrons. The van der Waals surface area contributed by atoms with Crippen LogP contribution in [0, 0.1) is 0 Å². The van der Waals surface area contributed by atoms with E-state index in [9.17, 15) is 4.79 Å². The molecule has 1 aromatic rings. The van der Waals surface area contributed by atoms with Gasteiger partial charge < -0.3 is 10.1 Å². The van der Waals surface area contributed by atoms with E-state index >= 15 is 0 Å². The molecule has 0 amide bonds. The minimum atomic E-state index is -0.320. The molecule has 0 saturated heterocycles. The fourth-order valence-corrected chi connectivity index (χ4v) is 1.47. The van der Waals surface area contributed by atoms with Crippen LogP contribution >= 0.6 is 0 Å². The Kier molecular flexibility index (Phi) is 2.23. The molecule has 3 nitrogen and oxygen atoms in total. The Morgan fingerprint density at radius 1 is 1.43 bits per heavy atom. The molecule has 1 aromatic carbocycles. The first-order chi connectivity index (χ1) is 6.81. The molecule has 1 N–H and O–H groups in total. The van der Waals surface area contributed by atoms with Crippen molar-refractivity contribution < 1.29 is 9.53 Å². The van der Waals surface area contributed by atoms with Crippen molar-refractivity contribution in [2.45, 2.75) is 6.54 Å². The number of hydrogen-bond donors (Lipinski definition) is 1. The Morgan fingerprint density at radius 3 is 3.00 bits per heavy atom. The van der Waals surface area contributed by atoms with E-state index in [1.807, 2.05) is 30.3 Å². The van der Waals surface area contributed by atoms with Crippen molar-refractivity contribution in [1.82, 2.24) is 5.32 Å². The van der Waals surface area contributed by atoms with Crippen LogP contribution in [0.25, 0.3) is 6.08 Å². The Balaban J connectivity index is 2.36. The van der Waals surface area contributed by atoms with E-state index in [1.54, 1.807) is 0 Å². The van der Waals surface area contributed by atoms with Gasteiger partial charge in [-0.2, -0.15) is 0 Å². The molecule has 0 bridgehead atoms. The van der Waals surface area contributed by atoms with Gasteiger partial charge in [-0.05, 0) is 17.2 Å². The molecule has 0 aromatic heterocycles. The molecule has 3 heteroatoms. The minimum Gasteiger partial charge on any atom is -0.464 e. The van der Waals surface area contributed by atoms with E-state index < -0.39 is 0 Å². The van der Waals surface area contributed by atoms with Gasteiger partial charge in [0.05, 0.1) is 7.11 Å². The van der Waals surface area contributed by atoms with E-state index in [0.29, 0.717) is 12.2 Å². The summed E-state index contributed by atoms with van der Waals surface area (Å²) in [4.78, 5) is 11.2. The molecule has 0 unspecified atom stereocenters. The average Bonchev–Trinajstić information content (AvgIpc) is 2.27. The number of ether oxygens (including phenoxy) is 1. The highest BCUT2D eigenvalue weighted by atomic mass is 16.5. The van der Waals surface area contributed by atoms with Gasteiger partial charge in [0.15, 0.2) is 0 Å².